The normalized spacial score (nSPS) is 16.5. The summed E-state index contributed by atoms with van der Waals surface area (Å²) in [5.41, 5.74) is 0.971. The molecule has 1 fully saturated rings. The summed E-state index contributed by atoms with van der Waals surface area (Å²) in [5.74, 6) is -0.264. The fraction of sp³-hybridized carbons (Fsp3) is 0.231. The van der Waals surface area contributed by atoms with E-state index in [0.29, 0.717) is 23.7 Å². The Morgan fingerprint density at radius 1 is 1.33 bits per heavy atom. The zero-order valence-electron chi connectivity index (χ0n) is 9.48. The lowest BCUT2D eigenvalue weighted by Crippen LogP contribution is -2.20. The predicted octanol–water partition coefficient (Wildman–Crippen LogP) is 2.85. The van der Waals surface area contributed by atoms with Crippen LogP contribution in [0.25, 0.3) is 11.3 Å². The maximum atomic E-state index is 11.2. The van der Waals surface area contributed by atoms with E-state index in [1.54, 1.807) is 18.3 Å². The molecular weight excluding hydrogens is 252 g/mol. The Bertz CT molecular complexity index is 600. The van der Waals surface area contributed by atoms with Gasteiger partial charge in [0.25, 0.3) is 0 Å². The molecule has 1 aliphatic carbocycles. The molecular formula is C13H11ClN2O2. The Morgan fingerprint density at radius 3 is 2.56 bits per heavy atom. The van der Waals surface area contributed by atoms with Crippen LogP contribution in [0.3, 0.4) is 0 Å². The van der Waals surface area contributed by atoms with Gasteiger partial charge in [-0.15, -0.1) is 0 Å². The molecule has 1 aromatic carbocycles. The number of aliphatic carboxylic acids is 1. The van der Waals surface area contributed by atoms with Gasteiger partial charge in [-0.25, -0.2) is 4.98 Å². The molecule has 0 saturated heterocycles. The minimum Gasteiger partial charge on any atom is -0.480 e. The van der Waals surface area contributed by atoms with Crippen LogP contribution in [0.4, 0.5) is 0 Å². The molecule has 1 heterocycles. The molecule has 0 radical (unpaired) electrons. The molecule has 0 unspecified atom stereocenters. The molecule has 1 aromatic heterocycles. The number of halogens is 1. The average molecular weight is 263 g/mol. The zero-order chi connectivity index (χ0) is 12.8. The molecule has 1 saturated carbocycles. The SMILES string of the molecule is O=C(O)C1(c2ncc(-c3ccc(Cl)cc3)[nH]2)CC1. The smallest absolute Gasteiger partial charge is 0.317 e. The summed E-state index contributed by atoms with van der Waals surface area (Å²) in [5, 5.41) is 9.87. The maximum absolute atomic E-state index is 11.2. The van der Waals surface area contributed by atoms with Crippen molar-refractivity contribution in [2.24, 2.45) is 0 Å². The topological polar surface area (TPSA) is 66.0 Å². The van der Waals surface area contributed by atoms with Crippen molar-refractivity contribution in [1.29, 1.82) is 0 Å². The number of aromatic amines is 1. The number of carbonyl (C=O) groups is 1. The molecule has 2 aromatic rings. The van der Waals surface area contributed by atoms with Crippen molar-refractivity contribution < 1.29 is 9.90 Å². The van der Waals surface area contributed by atoms with Gasteiger partial charge >= 0.3 is 5.97 Å². The van der Waals surface area contributed by atoms with E-state index in [-0.39, 0.29) is 0 Å². The number of H-pyrrole nitrogens is 1. The molecule has 1 aliphatic rings. The van der Waals surface area contributed by atoms with Crippen LogP contribution in [-0.2, 0) is 10.2 Å². The van der Waals surface area contributed by atoms with E-state index < -0.39 is 11.4 Å². The molecule has 92 valence electrons. The number of nitrogens with zero attached hydrogens (tertiary/aromatic N) is 1. The van der Waals surface area contributed by atoms with Gasteiger partial charge in [-0.2, -0.15) is 0 Å². The van der Waals surface area contributed by atoms with Crippen LogP contribution < -0.4 is 0 Å². The van der Waals surface area contributed by atoms with E-state index in [1.807, 2.05) is 12.1 Å². The van der Waals surface area contributed by atoms with Gasteiger partial charge in [-0.3, -0.25) is 4.79 Å². The monoisotopic (exact) mass is 262 g/mol. The van der Waals surface area contributed by atoms with Crippen LogP contribution >= 0.6 is 11.6 Å². The highest BCUT2D eigenvalue weighted by Gasteiger charge is 2.54. The van der Waals surface area contributed by atoms with Gasteiger partial charge in [0.1, 0.15) is 11.2 Å². The molecule has 2 N–H and O–H groups in total. The van der Waals surface area contributed by atoms with Gasteiger partial charge in [-0.1, -0.05) is 23.7 Å². The first-order valence-electron chi connectivity index (χ1n) is 5.67. The first kappa shape index (κ1) is 11.3. The van der Waals surface area contributed by atoms with E-state index in [2.05, 4.69) is 9.97 Å². The standard InChI is InChI=1S/C13H11ClN2O2/c14-9-3-1-8(2-4-9)10-7-15-11(16-10)13(5-6-13)12(17)18/h1-4,7H,5-6H2,(H,15,16)(H,17,18). The summed E-state index contributed by atoms with van der Waals surface area (Å²) in [6, 6.07) is 7.34. The van der Waals surface area contributed by atoms with Crippen molar-refractivity contribution in [3.63, 3.8) is 0 Å². The highest BCUT2D eigenvalue weighted by molar-refractivity contribution is 6.30. The van der Waals surface area contributed by atoms with Crippen LogP contribution in [-0.4, -0.2) is 21.0 Å². The van der Waals surface area contributed by atoms with Crippen molar-refractivity contribution in [3.8, 4) is 11.3 Å². The lowest BCUT2D eigenvalue weighted by molar-refractivity contribution is -0.140. The van der Waals surface area contributed by atoms with Gasteiger partial charge < -0.3 is 10.1 Å². The van der Waals surface area contributed by atoms with Crippen molar-refractivity contribution in [3.05, 3.63) is 41.3 Å². The predicted molar refractivity (Wildman–Crippen MR) is 67.6 cm³/mol. The van der Waals surface area contributed by atoms with E-state index in [9.17, 15) is 9.90 Å². The molecule has 0 spiro atoms. The highest BCUT2D eigenvalue weighted by atomic mass is 35.5. The number of hydrogen-bond acceptors (Lipinski definition) is 2. The van der Waals surface area contributed by atoms with Crippen LogP contribution in [0, 0.1) is 0 Å². The molecule has 0 amide bonds. The summed E-state index contributed by atoms with van der Waals surface area (Å²) < 4.78 is 0. The van der Waals surface area contributed by atoms with Gasteiger partial charge in [0.2, 0.25) is 0 Å². The van der Waals surface area contributed by atoms with Gasteiger partial charge in [0.15, 0.2) is 0 Å². The number of rotatable bonds is 3. The quantitative estimate of drug-likeness (QED) is 0.894. The van der Waals surface area contributed by atoms with E-state index in [4.69, 9.17) is 11.6 Å². The molecule has 0 aliphatic heterocycles. The Kier molecular flexibility index (Phi) is 2.41. The van der Waals surface area contributed by atoms with Gasteiger partial charge in [0, 0.05) is 5.02 Å². The van der Waals surface area contributed by atoms with E-state index in [0.717, 1.165) is 11.3 Å². The second kappa shape index (κ2) is 3.85. The fourth-order valence-corrected chi connectivity index (χ4v) is 2.14. The summed E-state index contributed by atoms with van der Waals surface area (Å²) in [7, 11) is 0. The third-order valence-corrected chi connectivity index (χ3v) is 3.60. The van der Waals surface area contributed by atoms with Crippen molar-refractivity contribution in [2.45, 2.75) is 18.3 Å². The van der Waals surface area contributed by atoms with Crippen molar-refractivity contribution in [1.82, 2.24) is 9.97 Å². The minimum absolute atomic E-state index is 0.542. The van der Waals surface area contributed by atoms with Crippen molar-refractivity contribution >= 4 is 17.6 Å². The largest absolute Gasteiger partial charge is 0.480 e. The van der Waals surface area contributed by atoms with Crippen molar-refractivity contribution in [2.75, 3.05) is 0 Å². The number of benzene rings is 1. The average Bonchev–Trinajstić information content (AvgIpc) is 3.03. The third kappa shape index (κ3) is 1.69. The first-order chi connectivity index (χ1) is 8.62. The lowest BCUT2D eigenvalue weighted by atomic mass is 10.1. The molecule has 0 bridgehead atoms. The van der Waals surface area contributed by atoms with Crippen LogP contribution in [0.15, 0.2) is 30.5 Å². The molecule has 0 atom stereocenters. The number of carboxylic acids is 1. The van der Waals surface area contributed by atoms with Gasteiger partial charge in [-0.05, 0) is 30.5 Å². The second-order valence-electron chi connectivity index (χ2n) is 4.54. The zero-order valence-corrected chi connectivity index (χ0v) is 10.2. The number of aromatic nitrogens is 2. The van der Waals surface area contributed by atoms with E-state index in [1.165, 1.54) is 0 Å². The summed E-state index contributed by atoms with van der Waals surface area (Å²) in [4.78, 5) is 18.5. The molecule has 3 rings (SSSR count). The number of nitrogens with one attached hydrogen (secondary N) is 1. The molecule has 5 heteroatoms. The first-order valence-corrected chi connectivity index (χ1v) is 6.04. The van der Waals surface area contributed by atoms with Crippen LogP contribution in [0.5, 0.6) is 0 Å². The Balaban J connectivity index is 1.95. The number of hydrogen-bond donors (Lipinski definition) is 2. The lowest BCUT2D eigenvalue weighted by Gasteiger charge is -2.05. The number of imidazole rings is 1. The maximum Gasteiger partial charge on any atom is 0.317 e. The fourth-order valence-electron chi connectivity index (χ4n) is 2.02. The Morgan fingerprint density at radius 2 is 2.00 bits per heavy atom. The summed E-state index contributed by atoms with van der Waals surface area (Å²) >= 11 is 5.82. The molecule has 4 nitrogen and oxygen atoms in total. The highest BCUT2D eigenvalue weighted by Crippen LogP contribution is 2.47. The Hall–Kier alpha value is -1.81. The summed E-state index contributed by atoms with van der Waals surface area (Å²) in [6.07, 6.45) is 2.97. The Labute approximate surface area is 109 Å². The third-order valence-electron chi connectivity index (χ3n) is 3.34. The second-order valence-corrected chi connectivity index (χ2v) is 4.98. The van der Waals surface area contributed by atoms with Crippen LogP contribution in [0.2, 0.25) is 5.02 Å². The van der Waals surface area contributed by atoms with E-state index >= 15 is 0 Å². The van der Waals surface area contributed by atoms with Gasteiger partial charge in [0.05, 0.1) is 11.9 Å². The van der Waals surface area contributed by atoms with Crippen LogP contribution in [0.1, 0.15) is 18.7 Å². The number of carboxylic acid groups (broad SMARTS) is 1. The summed E-state index contributed by atoms with van der Waals surface area (Å²) in [6.45, 7) is 0. The molecule has 18 heavy (non-hydrogen) atoms. The minimum atomic E-state index is -0.806.